The molecule has 1 amide bonds. The molecule has 2 aliphatic rings. The Hall–Kier alpha value is -3.67. The van der Waals surface area contributed by atoms with Crippen molar-refractivity contribution in [2.75, 3.05) is 0 Å². The fourth-order valence-electron chi connectivity index (χ4n) is 5.26. The SMILES string of the molecule is O=C(c1cc2ccccc2oc1=O)N1N=C2/C(=C\c3ccc(Cl)cc3)CCC[C@H]2[C@@H]1c1ccc(Cl)cc1. The fourth-order valence-corrected chi connectivity index (χ4v) is 5.51. The molecule has 1 aliphatic carbocycles. The molecular formula is C30H22Cl2N2O3. The number of hydrogen-bond donors (Lipinski definition) is 0. The summed E-state index contributed by atoms with van der Waals surface area (Å²) in [6.45, 7) is 0. The first-order chi connectivity index (χ1) is 18.0. The van der Waals surface area contributed by atoms with Crippen LogP contribution in [0.3, 0.4) is 0 Å². The van der Waals surface area contributed by atoms with Gasteiger partial charge in [-0.1, -0.05) is 65.7 Å². The highest BCUT2D eigenvalue weighted by molar-refractivity contribution is 6.30. The molecule has 6 rings (SSSR count). The predicted octanol–water partition coefficient (Wildman–Crippen LogP) is 7.54. The maximum atomic E-state index is 13.9. The Kier molecular flexibility index (Phi) is 6.19. The van der Waals surface area contributed by atoms with Crippen LogP contribution in [0.4, 0.5) is 0 Å². The number of nitrogens with zero attached hydrogens (tertiary/aromatic N) is 2. The van der Waals surface area contributed by atoms with E-state index in [4.69, 9.17) is 32.7 Å². The topological polar surface area (TPSA) is 62.9 Å². The number of para-hydroxylation sites is 1. The minimum atomic E-state index is -0.675. The molecule has 0 saturated heterocycles. The fraction of sp³-hybridized carbons (Fsp3) is 0.167. The molecule has 184 valence electrons. The van der Waals surface area contributed by atoms with Crippen molar-refractivity contribution in [3.8, 4) is 0 Å². The Morgan fingerprint density at radius 1 is 0.973 bits per heavy atom. The monoisotopic (exact) mass is 528 g/mol. The number of carbonyl (C=O) groups is 1. The van der Waals surface area contributed by atoms with Gasteiger partial charge in [-0.15, -0.1) is 0 Å². The number of hydrogen-bond acceptors (Lipinski definition) is 4. The molecule has 37 heavy (non-hydrogen) atoms. The average molecular weight is 529 g/mol. The molecule has 5 nitrogen and oxygen atoms in total. The molecule has 2 atom stereocenters. The predicted molar refractivity (Wildman–Crippen MR) is 147 cm³/mol. The second kappa shape index (κ2) is 9.66. The Morgan fingerprint density at radius 3 is 2.43 bits per heavy atom. The highest BCUT2D eigenvalue weighted by Gasteiger charge is 2.44. The third-order valence-electron chi connectivity index (χ3n) is 7.00. The molecule has 0 radical (unpaired) electrons. The van der Waals surface area contributed by atoms with Crippen LogP contribution in [-0.2, 0) is 0 Å². The standard InChI is InChI=1S/C30H22Cl2N2O3/c31-22-12-8-18(9-13-22)16-21-5-3-6-24-27(21)33-34(28(24)19-10-14-23(32)15-11-19)29(35)25-17-20-4-1-2-7-26(20)37-30(25)36/h1-2,4,7-17,24,28H,3,5-6H2/b21-16-/t24-,28+/m1/s1. The smallest absolute Gasteiger partial charge is 0.349 e. The van der Waals surface area contributed by atoms with E-state index in [9.17, 15) is 9.59 Å². The van der Waals surface area contributed by atoms with Crippen molar-refractivity contribution >= 4 is 51.9 Å². The zero-order chi connectivity index (χ0) is 25.5. The van der Waals surface area contributed by atoms with Crippen LogP contribution in [0.15, 0.2) is 98.7 Å². The molecule has 4 aromatic rings. The molecule has 1 aliphatic heterocycles. The summed E-state index contributed by atoms with van der Waals surface area (Å²) in [7, 11) is 0. The Balaban J connectivity index is 1.46. The second-order valence-corrected chi connectivity index (χ2v) is 10.2. The van der Waals surface area contributed by atoms with E-state index in [0.717, 1.165) is 41.7 Å². The van der Waals surface area contributed by atoms with Gasteiger partial charge in [0.25, 0.3) is 5.91 Å². The van der Waals surface area contributed by atoms with E-state index < -0.39 is 11.5 Å². The lowest BCUT2D eigenvalue weighted by Crippen LogP contribution is -2.34. The first kappa shape index (κ1) is 23.7. The second-order valence-electron chi connectivity index (χ2n) is 9.34. The van der Waals surface area contributed by atoms with E-state index in [2.05, 4.69) is 6.08 Å². The van der Waals surface area contributed by atoms with Crippen LogP contribution in [0.5, 0.6) is 0 Å². The van der Waals surface area contributed by atoms with Crippen molar-refractivity contribution in [1.29, 1.82) is 0 Å². The molecule has 0 bridgehead atoms. The van der Waals surface area contributed by atoms with Gasteiger partial charge in [-0.25, -0.2) is 9.80 Å². The van der Waals surface area contributed by atoms with Gasteiger partial charge in [-0.2, -0.15) is 5.10 Å². The molecule has 0 unspecified atom stereocenters. The number of halogens is 2. The molecule has 2 heterocycles. The molecule has 1 fully saturated rings. The van der Waals surface area contributed by atoms with E-state index in [1.807, 2.05) is 60.7 Å². The van der Waals surface area contributed by atoms with Crippen molar-refractivity contribution in [3.05, 3.63) is 122 Å². The van der Waals surface area contributed by atoms with Gasteiger partial charge < -0.3 is 4.42 Å². The van der Waals surface area contributed by atoms with E-state index in [-0.39, 0.29) is 17.5 Å². The third kappa shape index (κ3) is 4.50. The first-order valence-corrected chi connectivity index (χ1v) is 12.9. The van der Waals surface area contributed by atoms with Crippen molar-refractivity contribution in [2.24, 2.45) is 11.0 Å². The largest absolute Gasteiger partial charge is 0.422 e. The van der Waals surface area contributed by atoms with Gasteiger partial charge in [0, 0.05) is 21.3 Å². The summed E-state index contributed by atoms with van der Waals surface area (Å²) in [6.07, 6.45) is 4.80. The maximum Gasteiger partial charge on any atom is 0.349 e. The number of benzene rings is 3. The molecule has 0 N–H and O–H groups in total. The van der Waals surface area contributed by atoms with E-state index >= 15 is 0 Å². The van der Waals surface area contributed by atoms with Crippen LogP contribution >= 0.6 is 23.2 Å². The molecule has 1 saturated carbocycles. The first-order valence-electron chi connectivity index (χ1n) is 12.1. The number of allylic oxidation sites excluding steroid dienone is 1. The average Bonchev–Trinajstić information content (AvgIpc) is 3.30. The molecule has 1 aromatic heterocycles. The Labute approximate surface area is 223 Å². The normalized spacial score (nSPS) is 20.2. The number of hydrazone groups is 1. The van der Waals surface area contributed by atoms with E-state index in [1.165, 1.54) is 5.01 Å². The highest BCUT2D eigenvalue weighted by Crippen LogP contribution is 2.45. The van der Waals surface area contributed by atoms with Crippen LogP contribution in [0.25, 0.3) is 17.0 Å². The number of rotatable bonds is 3. The minimum Gasteiger partial charge on any atom is -0.422 e. The molecule has 3 aromatic carbocycles. The number of fused-ring (bicyclic) bond motifs is 2. The minimum absolute atomic E-state index is 0.00933. The number of carbonyl (C=O) groups excluding carboxylic acids is 1. The van der Waals surface area contributed by atoms with Gasteiger partial charge in [0.05, 0.1) is 11.8 Å². The van der Waals surface area contributed by atoms with Crippen LogP contribution in [-0.4, -0.2) is 16.6 Å². The zero-order valence-corrected chi connectivity index (χ0v) is 21.2. The lowest BCUT2D eigenvalue weighted by molar-refractivity contribution is 0.0676. The highest BCUT2D eigenvalue weighted by atomic mass is 35.5. The van der Waals surface area contributed by atoms with Crippen molar-refractivity contribution in [2.45, 2.75) is 25.3 Å². The third-order valence-corrected chi connectivity index (χ3v) is 7.51. The number of amides is 1. The summed E-state index contributed by atoms with van der Waals surface area (Å²) < 4.78 is 5.47. The summed E-state index contributed by atoms with van der Waals surface area (Å²) in [5.74, 6) is -0.489. The van der Waals surface area contributed by atoms with Crippen molar-refractivity contribution in [1.82, 2.24) is 5.01 Å². The zero-order valence-electron chi connectivity index (χ0n) is 19.7. The Morgan fingerprint density at radius 2 is 1.68 bits per heavy atom. The van der Waals surface area contributed by atoms with Gasteiger partial charge in [0.1, 0.15) is 11.1 Å². The van der Waals surface area contributed by atoms with Gasteiger partial charge in [-0.05, 0) is 78.4 Å². The van der Waals surface area contributed by atoms with E-state index in [1.54, 1.807) is 18.2 Å². The lowest BCUT2D eigenvalue weighted by atomic mass is 9.77. The summed E-state index contributed by atoms with van der Waals surface area (Å²) in [5.41, 5.74) is 3.62. The van der Waals surface area contributed by atoms with E-state index in [0.29, 0.717) is 21.0 Å². The molecule has 7 heteroatoms. The van der Waals surface area contributed by atoms with Crippen molar-refractivity contribution < 1.29 is 9.21 Å². The quantitative estimate of drug-likeness (QED) is 0.258. The van der Waals surface area contributed by atoms with Crippen molar-refractivity contribution in [3.63, 3.8) is 0 Å². The molecular weight excluding hydrogens is 507 g/mol. The van der Waals surface area contributed by atoms with Gasteiger partial charge in [0.15, 0.2) is 0 Å². The van der Waals surface area contributed by atoms with Gasteiger partial charge >= 0.3 is 5.63 Å². The molecule has 0 spiro atoms. The summed E-state index contributed by atoms with van der Waals surface area (Å²) >= 11 is 12.2. The van der Waals surface area contributed by atoms with Gasteiger partial charge in [0.2, 0.25) is 0 Å². The van der Waals surface area contributed by atoms with Crippen LogP contribution < -0.4 is 5.63 Å². The van der Waals surface area contributed by atoms with Crippen LogP contribution in [0.1, 0.15) is 46.8 Å². The summed E-state index contributed by atoms with van der Waals surface area (Å²) in [4.78, 5) is 26.8. The maximum absolute atomic E-state index is 13.9. The Bertz CT molecular complexity index is 1620. The van der Waals surface area contributed by atoms with Gasteiger partial charge in [-0.3, -0.25) is 4.79 Å². The summed E-state index contributed by atoms with van der Waals surface area (Å²) in [5, 5.41) is 8.31. The lowest BCUT2D eigenvalue weighted by Gasteiger charge is -2.29. The van der Waals surface area contributed by atoms with Crippen LogP contribution in [0.2, 0.25) is 10.0 Å². The van der Waals surface area contributed by atoms with Crippen LogP contribution in [0, 0.1) is 5.92 Å². The summed E-state index contributed by atoms with van der Waals surface area (Å²) in [6, 6.07) is 23.5.